The van der Waals surface area contributed by atoms with Gasteiger partial charge in [-0.3, -0.25) is 0 Å². The number of anilines is 1. The molecule has 0 spiro atoms. The van der Waals surface area contributed by atoms with Crippen molar-refractivity contribution in [2.24, 2.45) is 0 Å². The first kappa shape index (κ1) is 8.71. The van der Waals surface area contributed by atoms with Gasteiger partial charge in [-0.15, -0.1) is 0 Å². The minimum absolute atomic E-state index is 0.0283. The van der Waals surface area contributed by atoms with Gasteiger partial charge in [0, 0.05) is 0 Å². The van der Waals surface area contributed by atoms with E-state index in [1.54, 1.807) is 6.07 Å². The van der Waals surface area contributed by atoms with Gasteiger partial charge in [0.05, 0.1) is 12.8 Å². The van der Waals surface area contributed by atoms with Gasteiger partial charge in [0.1, 0.15) is 0 Å². The fourth-order valence-corrected chi connectivity index (χ4v) is 1.15. The van der Waals surface area contributed by atoms with Crippen LogP contribution in [0.5, 0.6) is 11.5 Å². The zero-order chi connectivity index (χ0) is 9.30. The Bertz CT molecular complexity index is 282. The highest BCUT2D eigenvalue weighted by atomic mass is 16.5. The Morgan fingerprint density at radius 3 is 2.50 bits per heavy atom. The van der Waals surface area contributed by atoms with Crippen LogP contribution in [0.3, 0.4) is 0 Å². The second-order valence-electron chi connectivity index (χ2n) is 2.79. The van der Waals surface area contributed by atoms with Crippen molar-refractivity contribution in [2.45, 2.75) is 13.8 Å². The minimum atomic E-state index is 0.0283. The maximum absolute atomic E-state index is 9.45. The van der Waals surface area contributed by atoms with Crippen molar-refractivity contribution in [1.29, 1.82) is 0 Å². The van der Waals surface area contributed by atoms with Crippen LogP contribution in [0.15, 0.2) is 6.07 Å². The number of nitrogens with two attached hydrogens (primary N) is 1. The number of hydrogen-bond acceptors (Lipinski definition) is 3. The summed E-state index contributed by atoms with van der Waals surface area (Å²) in [5, 5.41) is 9.45. The van der Waals surface area contributed by atoms with E-state index >= 15 is 0 Å². The van der Waals surface area contributed by atoms with Crippen molar-refractivity contribution < 1.29 is 9.84 Å². The average molecular weight is 167 g/mol. The molecule has 0 aromatic heterocycles. The lowest BCUT2D eigenvalue weighted by Crippen LogP contribution is -1.95. The normalized spacial score (nSPS) is 9.92. The Kier molecular flexibility index (Phi) is 2.13. The lowest BCUT2D eigenvalue weighted by atomic mass is 10.1. The molecule has 3 nitrogen and oxygen atoms in total. The van der Waals surface area contributed by atoms with E-state index in [0.717, 1.165) is 11.1 Å². The van der Waals surface area contributed by atoms with Crippen molar-refractivity contribution in [3.05, 3.63) is 17.2 Å². The van der Waals surface area contributed by atoms with Crippen LogP contribution in [0, 0.1) is 13.8 Å². The highest BCUT2D eigenvalue weighted by molar-refractivity contribution is 5.64. The molecule has 0 saturated heterocycles. The number of nitrogen functional groups attached to an aromatic ring is 1. The fourth-order valence-electron chi connectivity index (χ4n) is 1.15. The number of aryl methyl sites for hydroxylation is 1. The third kappa shape index (κ3) is 1.18. The van der Waals surface area contributed by atoms with Crippen LogP contribution >= 0.6 is 0 Å². The molecule has 1 aromatic carbocycles. The molecule has 12 heavy (non-hydrogen) atoms. The Balaban J connectivity index is 3.42. The smallest absolute Gasteiger partial charge is 0.181 e. The summed E-state index contributed by atoms with van der Waals surface area (Å²) in [5.41, 5.74) is 7.83. The molecule has 1 aromatic rings. The lowest BCUT2D eigenvalue weighted by molar-refractivity contribution is 0.372. The van der Waals surface area contributed by atoms with Gasteiger partial charge in [-0.2, -0.15) is 0 Å². The van der Waals surface area contributed by atoms with Gasteiger partial charge in [-0.25, -0.2) is 0 Å². The molecule has 0 saturated carbocycles. The van der Waals surface area contributed by atoms with E-state index in [-0.39, 0.29) is 5.75 Å². The van der Waals surface area contributed by atoms with Crippen molar-refractivity contribution in [3.63, 3.8) is 0 Å². The standard InChI is InChI=1S/C9H13NO2/c1-5-4-7(10)8(11)9(12-3)6(5)2/h4,11H,10H2,1-3H3. The van der Waals surface area contributed by atoms with Crippen molar-refractivity contribution in [1.82, 2.24) is 0 Å². The topological polar surface area (TPSA) is 55.5 Å². The Morgan fingerprint density at radius 2 is 2.00 bits per heavy atom. The molecule has 0 bridgehead atoms. The number of benzene rings is 1. The first-order valence-corrected chi connectivity index (χ1v) is 3.70. The largest absolute Gasteiger partial charge is 0.503 e. The quantitative estimate of drug-likeness (QED) is 0.493. The van der Waals surface area contributed by atoms with Crippen molar-refractivity contribution in [2.75, 3.05) is 12.8 Å². The zero-order valence-electron chi connectivity index (χ0n) is 7.51. The maximum atomic E-state index is 9.45. The first-order chi connectivity index (χ1) is 5.57. The monoisotopic (exact) mass is 167 g/mol. The second-order valence-corrected chi connectivity index (χ2v) is 2.79. The van der Waals surface area contributed by atoms with Crippen LogP contribution in [0.1, 0.15) is 11.1 Å². The molecular weight excluding hydrogens is 154 g/mol. The van der Waals surface area contributed by atoms with Gasteiger partial charge >= 0.3 is 0 Å². The predicted octanol–water partition coefficient (Wildman–Crippen LogP) is 1.60. The number of ether oxygens (including phenoxy) is 1. The van der Waals surface area contributed by atoms with Gasteiger partial charge in [0.2, 0.25) is 0 Å². The summed E-state index contributed by atoms with van der Waals surface area (Å²) in [4.78, 5) is 0. The van der Waals surface area contributed by atoms with Crippen LogP contribution < -0.4 is 10.5 Å². The molecular formula is C9H13NO2. The molecule has 1 rings (SSSR count). The van der Waals surface area contributed by atoms with Gasteiger partial charge < -0.3 is 15.6 Å². The first-order valence-electron chi connectivity index (χ1n) is 3.70. The van der Waals surface area contributed by atoms with Crippen LogP contribution in [-0.2, 0) is 0 Å². The highest BCUT2D eigenvalue weighted by Crippen LogP contribution is 2.36. The number of hydrogen-bond donors (Lipinski definition) is 2. The van der Waals surface area contributed by atoms with Crippen molar-refractivity contribution >= 4 is 5.69 Å². The van der Waals surface area contributed by atoms with E-state index in [9.17, 15) is 5.11 Å². The Hall–Kier alpha value is -1.38. The highest BCUT2D eigenvalue weighted by Gasteiger charge is 2.10. The van der Waals surface area contributed by atoms with Crippen LogP contribution in [0.25, 0.3) is 0 Å². The third-order valence-corrected chi connectivity index (χ3v) is 2.00. The fraction of sp³-hybridized carbons (Fsp3) is 0.333. The SMILES string of the molecule is COc1c(C)c(C)cc(N)c1O. The molecule has 0 atom stereocenters. The van der Waals surface area contributed by atoms with E-state index in [0.29, 0.717) is 11.4 Å². The van der Waals surface area contributed by atoms with Gasteiger partial charge in [-0.1, -0.05) is 0 Å². The minimum Gasteiger partial charge on any atom is -0.503 e. The van der Waals surface area contributed by atoms with Gasteiger partial charge in [0.25, 0.3) is 0 Å². The molecule has 0 radical (unpaired) electrons. The molecule has 0 aliphatic rings. The zero-order valence-corrected chi connectivity index (χ0v) is 7.51. The van der Waals surface area contributed by atoms with E-state index < -0.39 is 0 Å². The van der Waals surface area contributed by atoms with Gasteiger partial charge in [-0.05, 0) is 31.0 Å². The molecule has 0 amide bonds. The molecule has 3 N–H and O–H groups in total. The molecule has 0 unspecified atom stereocenters. The molecule has 66 valence electrons. The summed E-state index contributed by atoms with van der Waals surface area (Å²) < 4.78 is 5.01. The average Bonchev–Trinajstić information content (AvgIpc) is 2.02. The van der Waals surface area contributed by atoms with Crippen molar-refractivity contribution in [3.8, 4) is 11.5 Å². The second kappa shape index (κ2) is 2.93. The Labute approximate surface area is 71.8 Å². The number of methoxy groups -OCH3 is 1. The number of phenolic OH excluding ortho intramolecular Hbond substituents is 1. The van der Waals surface area contributed by atoms with Crippen LogP contribution in [0.4, 0.5) is 5.69 Å². The summed E-state index contributed by atoms with van der Waals surface area (Å²) >= 11 is 0. The van der Waals surface area contributed by atoms with Gasteiger partial charge in [0.15, 0.2) is 11.5 Å². The maximum Gasteiger partial charge on any atom is 0.181 e. The number of phenols is 1. The lowest BCUT2D eigenvalue weighted by Gasteiger charge is -2.11. The molecule has 0 aliphatic heterocycles. The van der Waals surface area contributed by atoms with E-state index in [2.05, 4.69) is 0 Å². The third-order valence-electron chi connectivity index (χ3n) is 2.00. The van der Waals surface area contributed by atoms with E-state index in [1.165, 1.54) is 7.11 Å². The number of rotatable bonds is 1. The number of aromatic hydroxyl groups is 1. The van der Waals surface area contributed by atoms with Crippen LogP contribution in [-0.4, -0.2) is 12.2 Å². The van der Waals surface area contributed by atoms with E-state index in [4.69, 9.17) is 10.5 Å². The molecule has 0 fully saturated rings. The summed E-state index contributed by atoms with van der Waals surface area (Å²) in [5.74, 6) is 0.494. The Morgan fingerprint density at radius 1 is 1.42 bits per heavy atom. The predicted molar refractivity (Wildman–Crippen MR) is 48.5 cm³/mol. The summed E-state index contributed by atoms with van der Waals surface area (Å²) in [6.07, 6.45) is 0. The molecule has 0 heterocycles. The van der Waals surface area contributed by atoms with E-state index in [1.807, 2.05) is 13.8 Å². The molecule has 3 heteroatoms. The van der Waals surface area contributed by atoms with Crippen LogP contribution in [0.2, 0.25) is 0 Å². The summed E-state index contributed by atoms with van der Waals surface area (Å²) in [6, 6.07) is 1.73. The molecule has 0 aliphatic carbocycles. The summed E-state index contributed by atoms with van der Waals surface area (Å²) in [6.45, 7) is 3.81. The summed E-state index contributed by atoms with van der Waals surface area (Å²) in [7, 11) is 1.51.